The Hall–Kier alpha value is -1.97. The van der Waals surface area contributed by atoms with Gasteiger partial charge in [0.05, 0.1) is 22.3 Å². The first-order valence-corrected chi connectivity index (χ1v) is 9.23. The van der Waals surface area contributed by atoms with Gasteiger partial charge < -0.3 is 0 Å². The van der Waals surface area contributed by atoms with Crippen LogP contribution in [0.5, 0.6) is 0 Å². The highest BCUT2D eigenvalue weighted by molar-refractivity contribution is 7.55. The van der Waals surface area contributed by atoms with Crippen molar-refractivity contribution >= 4 is 19.2 Å². The number of halogens is 12. The molecule has 2 aromatic carbocycles. The van der Waals surface area contributed by atoms with E-state index in [2.05, 4.69) is 0 Å². The quantitative estimate of drug-likeness (QED) is 0.305. The molecule has 31 heavy (non-hydrogen) atoms. The van der Waals surface area contributed by atoms with Crippen LogP contribution in [0.25, 0.3) is 0 Å². The molecule has 0 aliphatic heterocycles. The van der Waals surface area contributed by atoms with Crippen LogP contribution in [0.15, 0.2) is 36.4 Å². The minimum Gasteiger partial charge on any atom is -0.166 e. The van der Waals surface area contributed by atoms with Crippen LogP contribution < -0.4 is 10.6 Å². The molecule has 0 aromatic heterocycles. The molecule has 0 nitrogen and oxygen atoms in total. The molecule has 0 bridgehead atoms. The van der Waals surface area contributed by atoms with Crippen molar-refractivity contribution < 1.29 is 52.7 Å². The third kappa shape index (κ3) is 7.59. The monoisotopic (exact) mass is 488 g/mol. The number of rotatable bonds is 2. The van der Waals surface area contributed by atoms with Gasteiger partial charge in [-0.05, 0) is 47.0 Å². The van der Waals surface area contributed by atoms with Gasteiger partial charge in [0.1, 0.15) is 0 Å². The van der Waals surface area contributed by atoms with Crippen LogP contribution in [0.2, 0.25) is 0 Å². The van der Waals surface area contributed by atoms with Crippen molar-refractivity contribution in [1.82, 2.24) is 0 Å². The lowest BCUT2D eigenvalue weighted by molar-refractivity contribution is -0.144. The maximum absolute atomic E-state index is 12.9. The molecule has 0 fully saturated rings. The van der Waals surface area contributed by atoms with E-state index in [4.69, 9.17) is 0 Å². The molecule has 174 valence electrons. The Labute approximate surface area is 170 Å². The molecule has 0 radical (unpaired) electrons. The number of hydrogen-bond donors (Lipinski definition) is 0. The smallest absolute Gasteiger partial charge is 0.166 e. The first-order chi connectivity index (χ1) is 13.9. The summed E-state index contributed by atoms with van der Waals surface area (Å²) in [5.41, 5.74) is -6.90. The van der Waals surface area contributed by atoms with E-state index in [0.29, 0.717) is 0 Å². The van der Waals surface area contributed by atoms with Gasteiger partial charge >= 0.3 is 24.7 Å². The van der Waals surface area contributed by atoms with Crippen LogP contribution in [-0.4, -0.2) is 0 Å². The van der Waals surface area contributed by atoms with Crippen LogP contribution in [0, 0.1) is 0 Å². The van der Waals surface area contributed by atoms with E-state index in [-0.39, 0.29) is 36.4 Å². The van der Waals surface area contributed by atoms with E-state index < -0.39 is 66.1 Å². The average Bonchev–Trinajstić information content (AvgIpc) is 2.60. The zero-order chi connectivity index (χ0) is 24.4. The van der Waals surface area contributed by atoms with Gasteiger partial charge in [-0.1, -0.05) is 22.4 Å². The Kier molecular flexibility index (Phi) is 8.08. The standard InChI is InChI=1S/C16H7F12P.C2H6/c17-13(18,19)7-1-8(14(20,21)22)4-11(3-7)29-12-5-9(15(23,24)25)2-10(6-12)16(26,27)28;1-2/h1-6,29H;1-2H3. The minimum absolute atomic E-state index is 0.193. The van der Waals surface area contributed by atoms with Gasteiger partial charge in [0.25, 0.3) is 0 Å². The van der Waals surface area contributed by atoms with Gasteiger partial charge in [0.2, 0.25) is 0 Å². The summed E-state index contributed by atoms with van der Waals surface area (Å²) >= 11 is 0. The zero-order valence-corrected chi connectivity index (χ0v) is 16.5. The lowest BCUT2D eigenvalue weighted by Crippen LogP contribution is -2.18. The van der Waals surface area contributed by atoms with Crippen LogP contribution >= 0.6 is 8.58 Å². The van der Waals surface area contributed by atoms with Crippen molar-refractivity contribution in [2.75, 3.05) is 0 Å². The molecule has 0 amide bonds. The molecule has 0 saturated carbocycles. The second-order valence-corrected chi connectivity index (χ2v) is 7.12. The van der Waals surface area contributed by atoms with E-state index in [0.717, 1.165) is 0 Å². The highest BCUT2D eigenvalue weighted by Gasteiger charge is 2.38. The van der Waals surface area contributed by atoms with Gasteiger partial charge in [-0.25, -0.2) is 0 Å². The Bertz CT molecular complexity index is 750. The third-order valence-corrected chi connectivity index (χ3v) is 4.62. The van der Waals surface area contributed by atoms with Crippen molar-refractivity contribution in [3.63, 3.8) is 0 Å². The Morgan fingerprint density at radius 1 is 0.419 bits per heavy atom. The van der Waals surface area contributed by atoms with E-state index in [1.807, 2.05) is 13.8 Å². The molecule has 13 heteroatoms. The van der Waals surface area contributed by atoms with Gasteiger partial charge in [0.15, 0.2) is 0 Å². The summed E-state index contributed by atoms with van der Waals surface area (Å²) in [4.78, 5) is 0. The second kappa shape index (κ2) is 9.26. The molecular weight excluding hydrogens is 475 g/mol. The molecule has 0 heterocycles. The summed E-state index contributed by atoms with van der Waals surface area (Å²) in [7, 11) is -1.32. The summed E-state index contributed by atoms with van der Waals surface area (Å²) in [6, 6.07) is 0.618. The maximum Gasteiger partial charge on any atom is 0.416 e. The van der Waals surface area contributed by atoms with Crippen LogP contribution in [0.1, 0.15) is 36.1 Å². The fourth-order valence-corrected chi connectivity index (χ4v) is 3.46. The molecular formula is C18H13F12P. The Morgan fingerprint density at radius 3 is 0.774 bits per heavy atom. The van der Waals surface area contributed by atoms with Gasteiger partial charge in [0, 0.05) is 0 Å². The third-order valence-electron chi connectivity index (χ3n) is 3.46. The van der Waals surface area contributed by atoms with Crippen LogP contribution in [-0.2, 0) is 24.7 Å². The van der Waals surface area contributed by atoms with Crippen molar-refractivity contribution in [3.8, 4) is 0 Å². The average molecular weight is 488 g/mol. The van der Waals surface area contributed by atoms with Gasteiger partial charge in [-0.2, -0.15) is 52.7 Å². The SMILES string of the molecule is CC.FC(F)(F)c1cc(Pc2cc(C(F)(F)F)cc(C(F)(F)F)c2)cc(C(F)(F)F)c1. The first kappa shape index (κ1) is 27.1. The van der Waals surface area contributed by atoms with Crippen LogP contribution in [0.4, 0.5) is 52.7 Å². The lowest BCUT2D eigenvalue weighted by Gasteiger charge is -2.16. The molecule has 0 aliphatic rings. The number of alkyl halides is 12. The van der Waals surface area contributed by atoms with E-state index in [1.54, 1.807) is 0 Å². The summed E-state index contributed by atoms with van der Waals surface area (Å²) < 4.78 is 154. The number of benzene rings is 2. The molecule has 0 spiro atoms. The molecule has 2 aromatic rings. The predicted molar refractivity (Wildman–Crippen MR) is 91.8 cm³/mol. The highest BCUT2D eigenvalue weighted by atomic mass is 31.1. The summed E-state index contributed by atoms with van der Waals surface area (Å²) in [5, 5.41) is -1.45. The molecule has 0 atom stereocenters. The Balaban J connectivity index is 0.00000233. The fourth-order valence-electron chi connectivity index (χ4n) is 2.22. The van der Waals surface area contributed by atoms with Gasteiger partial charge in [-0.15, -0.1) is 0 Å². The van der Waals surface area contributed by atoms with E-state index in [9.17, 15) is 52.7 Å². The molecule has 0 saturated heterocycles. The molecule has 2 rings (SSSR count). The van der Waals surface area contributed by atoms with Crippen molar-refractivity contribution in [2.24, 2.45) is 0 Å². The van der Waals surface area contributed by atoms with Crippen molar-refractivity contribution in [2.45, 2.75) is 38.6 Å². The first-order valence-electron chi connectivity index (χ1n) is 8.23. The van der Waals surface area contributed by atoms with Crippen molar-refractivity contribution in [1.29, 1.82) is 0 Å². The molecule has 0 N–H and O–H groups in total. The second-order valence-electron chi connectivity index (χ2n) is 5.71. The maximum atomic E-state index is 12.9. The minimum atomic E-state index is -5.20. The molecule has 0 aliphatic carbocycles. The summed E-state index contributed by atoms with van der Waals surface area (Å²) in [6.45, 7) is 4.00. The van der Waals surface area contributed by atoms with Crippen molar-refractivity contribution in [3.05, 3.63) is 58.7 Å². The van der Waals surface area contributed by atoms with Gasteiger partial charge in [-0.3, -0.25) is 0 Å². The summed E-state index contributed by atoms with van der Waals surface area (Å²) in [5.74, 6) is 0. The lowest BCUT2D eigenvalue weighted by atomic mass is 10.1. The topological polar surface area (TPSA) is 0 Å². The predicted octanol–water partition coefficient (Wildman–Crippen LogP) is 7.42. The summed E-state index contributed by atoms with van der Waals surface area (Å²) in [6.07, 6.45) is -20.8. The van der Waals surface area contributed by atoms with E-state index in [1.165, 1.54) is 0 Å². The van der Waals surface area contributed by atoms with E-state index >= 15 is 0 Å². The Morgan fingerprint density at radius 2 is 0.613 bits per heavy atom. The van der Waals surface area contributed by atoms with Crippen LogP contribution in [0.3, 0.4) is 0 Å². The highest BCUT2D eigenvalue weighted by Crippen LogP contribution is 2.38. The molecule has 0 unspecified atom stereocenters. The largest absolute Gasteiger partial charge is 0.416 e. The zero-order valence-electron chi connectivity index (χ0n) is 15.5. The fraction of sp³-hybridized carbons (Fsp3) is 0.333. The number of hydrogen-bond acceptors (Lipinski definition) is 0. The normalized spacial score (nSPS) is 13.0.